The Morgan fingerprint density at radius 2 is 2.00 bits per heavy atom. The van der Waals surface area contributed by atoms with E-state index in [9.17, 15) is 10.1 Å². The van der Waals surface area contributed by atoms with Gasteiger partial charge in [0.1, 0.15) is 11.6 Å². The van der Waals surface area contributed by atoms with Gasteiger partial charge >= 0.3 is 0 Å². The zero-order chi connectivity index (χ0) is 17.6. The molecule has 0 bridgehead atoms. The molecule has 1 heterocycles. The molecule has 6 heteroatoms. The van der Waals surface area contributed by atoms with E-state index in [0.29, 0.717) is 23.6 Å². The second-order valence-electron chi connectivity index (χ2n) is 6.18. The summed E-state index contributed by atoms with van der Waals surface area (Å²) in [6.07, 6.45) is 8.34. The van der Waals surface area contributed by atoms with Crippen LogP contribution in [0.2, 0.25) is 0 Å². The predicted octanol–water partition coefficient (Wildman–Crippen LogP) is 3.88. The molecule has 1 N–H and O–H groups in total. The number of ether oxygens (including phenoxy) is 1. The highest BCUT2D eigenvalue weighted by Crippen LogP contribution is 2.24. The van der Waals surface area contributed by atoms with Crippen LogP contribution in [0.1, 0.15) is 43.2 Å². The van der Waals surface area contributed by atoms with E-state index in [4.69, 9.17) is 4.74 Å². The number of hydrogen-bond donors (Lipinski definition) is 1. The van der Waals surface area contributed by atoms with Gasteiger partial charge in [-0.25, -0.2) is 4.98 Å². The summed E-state index contributed by atoms with van der Waals surface area (Å²) in [5, 5.41) is 9.77. The number of H-pyrrole nitrogens is 1. The Morgan fingerprint density at radius 3 is 2.64 bits per heavy atom. The summed E-state index contributed by atoms with van der Waals surface area (Å²) < 4.78 is 5.99. The van der Waals surface area contributed by atoms with E-state index in [0.717, 1.165) is 24.0 Å². The molecule has 25 heavy (non-hydrogen) atoms. The van der Waals surface area contributed by atoms with Crippen molar-refractivity contribution in [1.82, 2.24) is 9.97 Å². The molecule has 0 spiro atoms. The largest absolute Gasteiger partial charge is 0.374 e. The molecule has 0 radical (unpaired) electrons. The van der Waals surface area contributed by atoms with Crippen molar-refractivity contribution in [3.8, 4) is 17.3 Å². The summed E-state index contributed by atoms with van der Waals surface area (Å²) in [6.45, 7) is 0.592. The zero-order valence-electron chi connectivity index (χ0n) is 14.2. The van der Waals surface area contributed by atoms with Gasteiger partial charge in [0.05, 0.1) is 18.4 Å². The van der Waals surface area contributed by atoms with E-state index in [1.54, 1.807) is 0 Å². The van der Waals surface area contributed by atoms with E-state index >= 15 is 0 Å². The molecule has 0 unspecified atom stereocenters. The minimum absolute atomic E-state index is 0.0454. The molecule has 3 rings (SSSR count). The molecule has 0 amide bonds. The topological polar surface area (TPSA) is 78.8 Å². The first-order valence-electron chi connectivity index (χ1n) is 8.50. The number of rotatable bonds is 5. The molecule has 1 fully saturated rings. The molecule has 0 aliphatic heterocycles. The second kappa shape index (κ2) is 8.32. The molecule has 2 aromatic rings. The minimum atomic E-state index is -0.401. The number of aromatic amines is 1. The van der Waals surface area contributed by atoms with Crippen LogP contribution < -0.4 is 5.56 Å². The quantitative estimate of drug-likeness (QED) is 0.650. The fourth-order valence-corrected chi connectivity index (χ4v) is 3.44. The highest BCUT2D eigenvalue weighted by Gasteiger charge is 2.15. The Bertz CT molecular complexity index is 818. The maximum absolute atomic E-state index is 12.0. The Balaban J connectivity index is 1.77. The SMILES string of the molecule is CSc1nc(-c2ccc(COC3CCCCC3)cc2)c(C#N)c(=O)[nH]1. The van der Waals surface area contributed by atoms with Crippen LogP contribution >= 0.6 is 11.8 Å². The number of aromatic nitrogens is 2. The van der Waals surface area contributed by atoms with Gasteiger partial charge in [-0.05, 0) is 24.7 Å². The lowest BCUT2D eigenvalue weighted by molar-refractivity contribution is 0.0169. The van der Waals surface area contributed by atoms with Crippen molar-refractivity contribution in [2.45, 2.75) is 50.0 Å². The lowest BCUT2D eigenvalue weighted by Crippen LogP contribution is -2.16. The monoisotopic (exact) mass is 355 g/mol. The third-order valence-corrected chi connectivity index (χ3v) is 5.05. The molecule has 1 aliphatic carbocycles. The highest BCUT2D eigenvalue weighted by atomic mass is 32.2. The number of thioether (sulfide) groups is 1. The third kappa shape index (κ3) is 4.30. The van der Waals surface area contributed by atoms with Crippen molar-refractivity contribution >= 4 is 11.8 Å². The standard InChI is InChI=1S/C19H21N3O2S/c1-25-19-21-17(16(11-20)18(23)22-19)14-9-7-13(8-10-14)12-24-15-5-3-2-4-6-15/h7-10,15H,2-6,12H2,1H3,(H,21,22,23). The summed E-state index contributed by atoms with van der Waals surface area (Å²) in [6, 6.07) is 9.69. The van der Waals surface area contributed by atoms with Crippen LogP contribution in [0.3, 0.4) is 0 Å². The summed E-state index contributed by atoms with van der Waals surface area (Å²) >= 11 is 1.34. The van der Waals surface area contributed by atoms with E-state index in [2.05, 4.69) is 9.97 Å². The molecule has 1 aliphatic rings. The van der Waals surface area contributed by atoms with Crippen LogP contribution in [-0.4, -0.2) is 22.3 Å². The van der Waals surface area contributed by atoms with Crippen LogP contribution in [-0.2, 0) is 11.3 Å². The molecule has 0 atom stereocenters. The fraction of sp³-hybridized carbons (Fsp3) is 0.421. The van der Waals surface area contributed by atoms with Crippen LogP contribution in [0, 0.1) is 11.3 Å². The first kappa shape index (κ1) is 17.7. The van der Waals surface area contributed by atoms with Gasteiger partial charge in [-0.1, -0.05) is 55.3 Å². The number of hydrogen-bond acceptors (Lipinski definition) is 5. The average Bonchev–Trinajstić information content (AvgIpc) is 2.67. The fourth-order valence-electron chi connectivity index (χ4n) is 3.07. The van der Waals surface area contributed by atoms with Gasteiger partial charge in [-0.3, -0.25) is 4.79 Å². The normalized spacial score (nSPS) is 15.0. The molecule has 5 nitrogen and oxygen atoms in total. The van der Waals surface area contributed by atoms with Crippen molar-refractivity contribution in [3.05, 3.63) is 45.7 Å². The van der Waals surface area contributed by atoms with Crippen molar-refractivity contribution in [3.63, 3.8) is 0 Å². The van der Waals surface area contributed by atoms with Gasteiger partial charge in [-0.15, -0.1) is 0 Å². The van der Waals surface area contributed by atoms with Gasteiger partial charge in [0, 0.05) is 5.56 Å². The van der Waals surface area contributed by atoms with Gasteiger partial charge in [0.2, 0.25) is 0 Å². The number of nitrogens with one attached hydrogen (secondary N) is 1. The lowest BCUT2D eigenvalue weighted by Gasteiger charge is -2.22. The van der Waals surface area contributed by atoms with Crippen molar-refractivity contribution in [2.75, 3.05) is 6.26 Å². The molecular weight excluding hydrogens is 334 g/mol. The van der Waals surface area contributed by atoms with Crippen molar-refractivity contribution < 1.29 is 4.74 Å². The predicted molar refractivity (Wildman–Crippen MR) is 98.5 cm³/mol. The average molecular weight is 355 g/mol. The molecular formula is C19H21N3O2S. The van der Waals surface area contributed by atoms with Gasteiger partial charge < -0.3 is 9.72 Å². The first-order valence-corrected chi connectivity index (χ1v) is 9.73. The van der Waals surface area contributed by atoms with Crippen LogP contribution in [0.5, 0.6) is 0 Å². The van der Waals surface area contributed by atoms with Gasteiger partial charge in [-0.2, -0.15) is 5.26 Å². The summed E-state index contributed by atoms with van der Waals surface area (Å²) in [5.41, 5.74) is 1.92. The van der Waals surface area contributed by atoms with Crippen molar-refractivity contribution in [1.29, 1.82) is 5.26 Å². The van der Waals surface area contributed by atoms with E-state index in [1.807, 2.05) is 36.6 Å². The summed E-state index contributed by atoms with van der Waals surface area (Å²) in [7, 11) is 0. The highest BCUT2D eigenvalue weighted by molar-refractivity contribution is 7.98. The minimum Gasteiger partial charge on any atom is -0.374 e. The second-order valence-corrected chi connectivity index (χ2v) is 6.97. The summed E-state index contributed by atoms with van der Waals surface area (Å²) in [4.78, 5) is 19.0. The molecule has 130 valence electrons. The Labute approximate surface area is 151 Å². The van der Waals surface area contributed by atoms with E-state index < -0.39 is 5.56 Å². The smallest absolute Gasteiger partial charge is 0.270 e. The maximum Gasteiger partial charge on any atom is 0.270 e. The molecule has 1 aromatic carbocycles. The maximum atomic E-state index is 12.0. The Hall–Kier alpha value is -2.10. The van der Waals surface area contributed by atoms with E-state index in [-0.39, 0.29) is 5.56 Å². The third-order valence-electron chi connectivity index (χ3n) is 4.47. The van der Waals surface area contributed by atoms with Crippen LogP contribution in [0.4, 0.5) is 0 Å². The van der Waals surface area contributed by atoms with Crippen LogP contribution in [0.15, 0.2) is 34.2 Å². The van der Waals surface area contributed by atoms with Gasteiger partial charge in [0.25, 0.3) is 5.56 Å². The summed E-state index contributed by atoms with van der Waals surface area (Å²) in [5.74, 6) is 0. The number of benzene rings is 1. The van der Waals surface area contributed by atoms with Gasteiger partial charge in [0.15, 0.2) is 5.16 Å². The Kier molecular flexibility index (Phi) is 5.90. The molecule has 0 saturated heterocycles. The zero-order valence-corrected chi connectivity index (χ0v) is 15.1. The molecule has 1 saturated carbocycles. The number of nitrogens with zero attached hydrogens (tertiary/aromatic N) is 2. The van der Waals surface area contributed by atoms with Crippen molar-refractivity contribution in [2.24, 2.45) is 0 Å². The lowest BCUT2D eigenvalue weighted by atomic mass is 9.98. The molecule has 1 aromatic heterocycles. The Morgan fingerprint density at radius 1 is 1.28 bits per heavy atom. The first-order chi connectivity index (χ1) is 12.2. The van der Waals surface area contributed by atoms with Crippen LogP contribution in [0.25, 0.3) is 11.3 Å². The number of nitriles is 1. The van der Waals surface area contributed by atoms with E-state index in [1.165, 1.54) is 31.0 Å².